The van der Waals surface area contributed by atoms with E-state index in [1.54, 1.807) is 4.90 Å². The first kappa shape index (κ1) is 16.2. The molecule has 0 spiro atoms. The minimum Gasteiger partial charge on any atom is -0.379 e. The van der Waals surface area contributed by atoms with E-state index in [-0.39, 0.29) is 6.03 Å². The smallest absolute Gasteiger partial charge is 0.317 e. The van der Waals surface area contributed by atoms with Crippen molar-refractivity contribution in [2.45, 2.75) is 13.1 Å². The first-order valence-corrected chi connectivity index (χ1v) is 8.30. The van der Waals surface area contributed by atoms with Gasteiger partial charge >= 0.3 is 6.03 Å². The number of ether oxygens (including phenoxy) is 2. The molecule has 2 heterocycles. The SMILES string of the molecule is O=C(NCc1ccc(CN2CCOCC2)cc1)N1CCOCC1. The van der Waals surface area contributed by atoms with Gasteiger partial charge in [-0.15, -0.1) is 0 Å². The summed E-state index contributed by atoms with van der Waals surface area (Å²) in [6.07, 6.45) is 0. The summed E-state index contributed by atoms with van der Waals surface area (Å²) in [4.78, 5) is 16.2. The third-order valence-electron chi connectivity index (χ3n) is 4.27. The Morgan fingerprint density at radius 2 is 1.48 bits per heavy atom. The van der Waals surface area contributed by atoms with Gasteiger partial charge in [0.25, 0.3) is 0 Å². The number of hydrogen-bond acceptors (Lipinski definition) is 4. The van der Waals surface area contributed by atoms with Crippen molar-refractivity contribution in [3.63, 3.8) is 0 Å². The topological polar surface area (TPSA) is 54.0 Å². The van der Waals surface area contributed by atoms with Gasteiger partial charge in [0.05, 0.1) is 26.4 Å². The van der Waals surface area contributed by atoms with Crippen molar-refractivity contribution in [3.8, 4) is 0 Å². The lowest BCUT2D eigenvalue weighted by Crippen LogP contribution is -2.45. The highest BCUT2D eigenvalue weighted by atomic mass is 16.5. The highest BCUT2D eigenvalue weighted by Gasteiger charge is 2.16. The molecular formula is C17H25N3O3. The van der Waals surface area contributed by atoms with Gasteiger partial charge in [0.1, 0.15) is 0 Å². The lowest BCUT2D eigenvalue weighted by molar-refractivity contribution is 0.0342. The van der Waals surface area contributed by atoms with Crippen LogP contribution in [0.1, 0.15) is 11.1 Å². The second kappa shape index (κ2) is 8.29. The average Bonchev–Trinajstić information content (AvgIpc) is 2.62. The van der Waals surface area contributed by atoms with Crippen molar-refractivity contribution >= 4 is 6.03 Å². The number of amides is 2. The molecule has 1 N–H and O–H groups in total. The van der Waals surface area contributed by atoms with Crippen LogP contribution in [-0.2, 0) is 22.6 Å². The molecule has 0 saturated carbocycles. The first-order valence-electron chi connectivity index (χ1n) is 8.30. The maximum Gasteiger partial charge on any atom is 0.317 e. The summed E-state index contributed by atoms with van der Waals surface area (Å²) >= 11 is 0. The van der Waals surface area contributed by atoms with Crippen LogP contribution < -0.4 is 5.32 Å². The fourth-order valence-electron chi connectivity index (χ4n) is 2.84. The zero-order valence-corrected chi connectivity index (χ0v) is 13.5. The number of carbonyl (C=O) groups excluding carboxylic acids is 1. The van der Waals surface area contributed by atoms with Crippen molar-refractivity contribution in [1.82, 2.24) is 15.1 Å². The monoisotopic (exact) mass is 319 g/mol. The molecule has 0 atom stereocenters. The molecule has 3 rings (SSSR count). The summed E-state index contributed by atoms with van der Waals surface area (Å²) in [6, 6.07) is 8.47. The predicted octanol–water partition coefficient (Wildman–Crippen LogP) is 1.06. The maximum atomic E-state index is 12.0. The molecule has 6 nitrogen and oxygen atoms in total. The largest absolute Gasteiger partial charge is 0.379 e. The molecule has 0 radical (unpaired) electrons. The Morgan fingerprint density at radius 1 is 0.913 bits per heavy atom. The van der Waals surface area contributed by atoms with Gasteiger partial charge in [-0.25, -0.2) is 4.79 Å². The van der Waals surface area contributed by atoms with Crippen LogP contribution in [0.15, 0.2) is 24.3 Å². The van der Waals surface area contributed by atoms with Gasteiger partial charge in [0.2, 0.25) is 0 Å². The fourth-order valence-corrected chi connectivity index (χ4v) is 2.84. The van der Waals surface area contributed by atoms with Crippen LogP contribution >= 0.6 is 0 Å². The number of nitrogens with zero attached hydrogens (tertiary/aromatic N) is 2. The van der Waals surface area contributed by atoms with Gasteiger partial charge in [0.15, 0.2) is 0 Å². The zero-order chi connectivity index (χ0) is 15.9. The van der Waals surface area contributed by atoms with Crippen LogP contribution in [0.3, 0.4) is 0 Å². The molecular weight excluding hydrogens is 294 g/mol. The number of morpholine rings is 2. The molecule has 6 heteroatoms. The second-order valence-electron chi connectivity index (χ2n) is 5.96. The molecule has 0 unspecified atom stereocenters. The summed E-state index contributed by atoms with van der Waals surface area (Å²) in [5, 5.41) is 2.97. The van der Waals surface area contributed by atoms with Gasteiger partial charge in [-0.1, -0.05) is 24.3 Å². The molecule has 0 aliphatic carbocycles. The van der Waals surface area contributed by atoms with E-state index in [9.17, 15) is 4.79 Å². The van der Waals surface area contributed by atoms with Crippen LogP contribution in [0.4, 0.5) is 4.79 Å². The molecule has 2 saturated heterocycles. The van der Waals surface area contributed by atoms with E-state index in [0.29, 0.717) is 32.8 Å². The Bertz CT molecular complexity index is 494. The molecule has 23 heavy (non-hydrogen) atoms. The number of rotatable bonds is 4. The van der Waals surface area contributed by atoms with Crippen molar-refractivity contribution in [3.05, 3.63) is 35.4 Å². The van der Waals surface area contributed by atoms with Crippen molar-refractivity contribution in [2.75, 3.05) is 52.6 Å². The Kier molecular flexibility index (Phi) is 5.85. The highest BCUT2D eigenvalue weighted by Crippen LogP contribution is 2.09. The standard InChI is InChI=1S/C17H25N3O3/c21-17(20-7-11-23-12-8-20)18-13-15-1-3-16(4-2-15)14-19-5-9-22-10-6-19/h1-4H,5-14H2,(H,18,21). The van der Waals surface area contributed by atoms with E-state index in [4.69, 9.17) is 9.47 Å². The highest BCUT2D eigenvalue weighted by molar-refractivity contribution is 5.74. The number of carbonyl (C=O) groups is 1. The molecule has 2 fully saturated rings. The maximum absolute atomic E-state index is 12.0. The van der Waals surface area contributed by atoms with E-state index in [1.807, 2.05) is 0 Å². The molecule has 1 aromatic carbocycles. The van der Waals surface area contributed by atoms with Gasteiger partial charge in [-0.3, -0.25) is 4.90 Å². The molecule has 2 aliphatic rings. The molecule has 2 amide bonds. The number of benzene rings is 1. The first-order chi connectivity index (χ1) is 11.3. The minimum absolute atomic E-state index is 0.00862. The third kappa shape index (κ3) is 4.92. The van der Waals surface area contributed by atoms with E-state index in [2.05, 4.69) is 34.5 Å². The number of hydrogen-bond donors (Lipinski definition) is 1. The van der Waals surface area contributed by atoms with E-state index in [1.165, 1.54) is 5.56 Å². The summed E-state index contributed by atoms with van der Waals surface area (Å²) < 4.78 is 10.6. The van der Waals surface area contributed by atoms with E-state index in [0.717, 1.165) is 38.4 Å². The Balaban J connectivity index is 1.44. The lowest BCUT2D eigenvalue weighted by atomic mass is 10.1. The average molecular weight is 319 g/mol. The molecule has 1 aromatic rings. The van der Waals surface area contributed by atoms with Crippen molar-refractivity contribution in [1.29, 1.82) is 0 Å². The Morgan fingerprint density at radius 3 is 2.13 bits per heavy atom. The van der Waals surface area contributed by atoms with Crippen LogP contribution in [0.2, 0.25) is 0 Å². The summed E-state index contributed by atoms with van der Waals surface area (Å²) in [5.74, 6) is 0. The second-order valence-corrected chi connectivity index (χ2v) is 5.96. The van der Waals surface area contributed by atoms with Crippen LogP contribution in [-0.4, -0.2) is 68.4 Å². The third-order valence-corrected chi connectivity index (χ3v) is 4.27. The lowest BCUT2D eigenvalue weighted by Gasteiger charge is -2.27. The quantitative estimate of drug-likeness (QED) is 0.902. The minimum atomic E-state index is -0.00862. The van der Waals surface area contributed by atoms with Crippen molar-refractivity contribution in [2.24, 2.45) is 0 Å². The fraction of sp³-hybridized carbons (Fsp3) is 0.588. The van der Waals surface area contributed by atoms with Gasteiger partial charge in [0, 0.05) is 39.3 Å². The number of urea groups is 1. The van der Waals surface area contributed by atoms with Gasteiger partial charge in [-0.05, 0) is 11.1 Å². The van der Waals surface area contributed by atoms with Gasteiger partial charge in [-0.2, -0.15) is 0 Å². The Hall–Kier alpha value is -1.63. The Labute approximate surface area is 137 Å². The normalized spacial score (nSPS) is 19.6. The predicted molar refractivity (Wildman–Crippen MR) is 87.2 cm³/mol. The molecule has 2 aliphatic heterocycles. The summed E-state index contributed by atoms with van der Waals surface area (Å²) in [5.41, 5.74) is 2.42. The molecule has 0 aromatic heterocycles. The van der Waals surface area contributed by atoms with Crippen molar-refractivity contribution < 1.29 is 14.3 Å². The van der Waals surface area contributed by atoms with E-state index >= 15 is 0 Å². The molecule has 0 bridgehead atoms. The van der Waals surface area contributed by atoms with Crippen LogP contribution in [0.5, 0.6) is 0 Å². The van der Waals surface area contributed by atoms with Crippen LogP contribution in [0, 0.1) is 0 Å². The summed E-state index contributed by atoms with van der Waals surface area (Å²) in [6.45, 7) is 7.77. The van der Waals surface area contributed by atoms with Gasteiger partial charge < -0.3 is 19.7 Å². The zero-order valence-electron chi connectivity index (χ0n) is 13.5. The summed E-state index contributed by atoms with van der Waals surface area (Å²) in [7, 11) is 0. The van der Waals surface area contributed by atoms with Crippen LogP contribution in [0.25, 0.3) is 0 Å². The number of nitrogens with one attached hydrogen (secondary N) is 1. The molecule has 126 valence electrons. The van der Waals surface area contributed by atoms with E-state index < -0.39 is 0 Å².